The molecular formula is C33H38BF9NO3+. The SMILES string of the molecule is CCCC[N+](CCCC)(CCCC)c1cc(C(F)(F)F)ccc1OB(Oc1ccc(C(F)(F)F)cc1)Oc1ccc(C(F)(F)F)cc1. The smallest absolute Gasteiger partial charge is 0.490 e. The number of benzene rings is 3. The molecule has 0 unspecified atom stereocenters. The van der Waals surface area contributed by atoms with Crippen molar-refractivity contribution in [1.82, 2.24) is 4.48 Å². The summed E-state index contributed by atoms with van der Waals surface area (Å²) in [6.07, 6.45) is -9.47. The second kappa shape index (κ2) is 16.0. The van der Waals surface area contributed by atoms with Gasteiger partial charge in [-0.3, -0.25) is 4.48 Å². The molecule has 14 heteroatoms. The first-order chi connectivity index (χ1) is 22.0. The lowest BCUT2D eigenvalue weighted by atomic mass is 10.1. The van der Waals surface area contributed by atoms with Crippen LogP contribution in [0.5, 0.6) is 17.2 Å². The lowest BCUT2D eigenvalue weighted by molar-refractivity contribution is -0.138. The van der Waals surface area contributed by atoms with Crippen LogP contribution in [0, 0.1) is 0 Å². The summed E-state index contributed by atoms with van der Waals surface area (Å²) in [5, 5.41) is 0. The third-order valence-corrected chi connectivity index (χ3v) is 7.67. The summed E-state index contributed by atoms with van der Waals surface area (Å²) in [5.74, 6) is -0.315. The molecule has 47 heavy (non-hydrogen) atoms. The van der Waals surface area contributed by atoms with Gasteiger partial charge in [-0.15, -0.1) is 0 Å². The molecule has 0 saturated carbocycles. The largest absolute Gasteiger partial charge is 0.864 e. The third kappa shape index (κ3) is 10.7. The van der Waals surface area contributed by atoms with Gasteiger partial charge in [0.2, 0.25) is 0 Å². The van der Waals surface area contributed by atoms with Crippen molar-refractivity contribution in [3.05, 3.63) is 83.4 Å². The van der Waals surface area contributed by atoms with Gasteiger partial charge in [0.1, 0.15) is 11.5 Å². The fourth-order valence-corrected chi connectivity index (χ4v) is 5.09. The Balaban J connectivity index is 2.14. The number of alkyl halides is 9. The summed E-state index contributed by atoms with van der Waals surface area (Å²) in [6.45, 7) is 7.46. The van der Waals surface area contributed by atoms with Gasteiger partial charge in [0.05, 0.1) is 36.3 Å². The van der Waals surface area contributed by atoms with Crippen LogP contribution in [0.3, 0.4) is 0 Å². The van der Waals surface area contributed by atoms with Crippen molar-refractivity contribution < 1.29 is 53.5 Å². The minimum atomic E-state index is -4.67. The van der Waals surface area contributed by atoms with Gasteiger partial charge in [-0.25, -0.2) is 0 Å². The summed E-state index contributed by atoms with van der Waals surface area (Å²) >= 11 is 0. The van der Waals surface area contributed by atoms with E-state index < -0.39 is 42.5 Å². The molecule has 258 valence electrons. The van der Waals surface area contributed by atoms with Crippen molar-refractivity contribution in [2.75, 3.05) is 19.6 Å². The second-order valence-corrected chi connectivity index (χ2v) is 11.2. The van der Waals surface area contributed by atoms with E-state index in [0.717, 1.165) is 86.0 Å². The zero-order valence-corrected chi connectivity index (χ0v) is 26.4. The Labute approximate surface area is 269 Å². The highest BCUT2D eigenvalue weighted by atomic mass is 19.4. The first kappa shape index (κ1) is 37.9. The first-order valence-corrected chi connectivity index (χ1v) is 15.4. The van der Waals surface area contributed by atoms with Crippen LogP contribution in [0.25, 0.3) is 0 Å². The predicted molar refractivity (Wildman–Crippen MR) is 163 cm³/mol. The maximum atomic E-state index is 14.1. The Kier molecular flexibility index (Phi) is 12.9. The number of rotatable bonds is 16. The maximum absolute atomic E-state index is 14.1. The minimum Gasteiger partial charge on any atom is -0.490 e. The van der Waals surface area contributed by atoms with Crippen LogP contribution in [-0.4, -0.2) is 27.0 Å². The number of nitrogens with zero attached hydrogens (tertiary/aromatic N) is 1. The highest BCUT2D eigenvalue weighted by molar-refractivity contribution is 6.39. The molecule has 0 aliphatic rings. The summed E-state index contributed by atoms with van der Waals surface area (Å²) < 4.78 is 139. The molecule has 3 aromatic rings. The molecule has 4 nitrogen and oxygen atoms in total. The minimum absolute atomic E-state index is 0.0230. The van der Waals surface area contributed by atoms with Crippen molar-refractivity contribution in [2.24, 2.45) is 0 Å². The molecule has 0 heterocycles. The molecule has 3 rings (SSSR count). The highest BCUT2D eigenvalue weighted by Crippen LogP contribution is 2.41. The zero-order chi connectivity index (χ0) is 34.9. The van der Waals surface area contributed by atoms with Gasteiger partial charge < -0.3 is 14.0 Å². The molecule has 0 saturated heterocycles. The molecule has 0 aliphatic carbocycles. The van der Waals surface area contributed by atoms with Gasteiger partial charge >= 0.3 is 25.9 Å². The number of halogens is 9. The standard InChI is InChI=1S/C33H38BF9NO3/c1-4-7-20-44(21-8-5-2,22-9-6-3)29-23-26(33(41,42)43)14-19-30(29)47-34(45-27-15-10-24(11-16-27)31(35,36)37)46-28-17-12-25(13-18-28)32(38,39)40/h10-19,23H,4-9,20-22H2,1-3H3/q+1. The number of unbranched alkanes of at least 4 members (excludes halogenated alkanes) is 3. The average molecular weight is 678 g/mol. The first-order valence-electron chi connectivity index (χ1n) is 15.4. The van der Waals surface area contributed by atoms with E-state index in [1.807, 2.05) is 20.8 Å². The monoisotopic (exact) mass is 678 g/mol. The van der Waals surface area contributed by atoms with Crippen molar-refractivity contribution >= 4 is 13.0 Å². The van der Waals surface area contributed by atoms with Gasteiger partial charge in [-0.2, -0.15) is 39.5 Å². The molecule has 0 bridgehead atoms. The van der Waals surface area contributed by atoms with Crippen LogP contribution in [0.4, 0.5) is 45.2 Å². The Bertz CT molecular complexity index is 1310. The van der Waals surface area contributed by atoms with E-state index in [2.05, 4.69) is 0 Å². The van der Waals surface area contributed by atoms with E-state index in [4.69, 9.17) is 14.0 Å². The van der Waals surface area contributed by atoms with Crippen LogP contribution in [0.2, 0.25) is 0 Å². The fraction of sp³-hybridized carbons (Fsp3) is 0.455. The van der Waals surface area contributed by atoms with E-state index >= 15 is 0 Å². The van der Waals surface area contributed by atoms with Gasteiger partial charge in [0.25, 0.3) is 0 Å². The van der Waals surface area contributed by atoms with Gasteiger partial charge in [0.15, 0.2) is 11.4 Å². The van der Waals surface area contributed by atoms with Gasteiger partial charge in [0, 0.05) is 6.07 Å². The highest BCUT2D eigenvalue weighted by Gasteiger charge is 2.41. The van der Waals surface area contributed by atoms with Crippen LogP contribution < -0.4 is 18.4 Å². The molecule has 0 atom stereocenters. The second-order valence-electron chi connectivity index (χ2n) is 11.2. The number of hydrogen-bond acceptors (Lipinski definition) is 3. The molecule has 0 N–H and O–H groups in total. The lowest BCUT2D eigenvalue weighted by Crippen LogP contribution is -2.52. The van der Waals surface area contributed by atoms with Crippen molar-refractivity contribution in [3.63, 3.8) is 0 Å². The molecule has 3 aromatic carbocycles. The van der Waals surface area contributed by atoms with Crippen LogP contribution in [-0.2, 0) is 18.5 Å². The van der Waals surface area contributed by atoms with Crippen LogP contribution in [0.1, 0.15) is 76.0 Å². The topological polar surface area (TPSA) is 27.7 Å². The fourth-order valence-electron chi connectivity index (χ4n) is 5.09. The van der Waals surface area contributed by atoms with Gasteiger partial charge in [-0.1, -0.05) is 40.0 Å². The summed E-state index contributed by atoms with van der Waals surface area (Å²) in [5.41, 5.74) is -2.58. The molecular weight excluding hydrogens is 640 g/mol. The molecule has 0 fully saturated rings. The van der Waals surface area contributed by atoms with E-state index in [9.17, 15) is 39.5 Å². The van der Waals surface area contributed by atoms with E-state index in [1.165, 1.54) is 0 Å². The lowest BCUT2D eigenvalue weighted by Gasteiger charge is -2.40. The molecule has 0 aliphatic heterocycles. The van der Waals surface area contributed by atoms with Crippen LogP contribution >= 0.6 is 0 Å². The average Bonchev–Trinajstić information content (AvgIpc) is 3.00. The summed E-state index contributed by atoms with van der Waals surface area (Å²) in [7, 11) is -1.82. The summed E-state index contributed by atoms with van der Waals surface area (Å²) in [4.78, 5) is 0. The Morgan fingerprint density at radius 3 is 1.21 bits per heavy atom. The third-order valence-electron chi connectivity index (χ3n) is 7.67. The van der Waals surface area contributed by atoms with E-state index in [-0.39, 0.29) is 27.4 Å². The van der Waals surface area contributed by atoms with E-state index in [1.54, 1.807) is 0 Å². The van der Waals surface area contributed by atoms with Crippen molar-refractivity contribution in [3.8, 4) is 17.2 Å². The van der Waals surface area contributed by atoms with Crippen molar-refractivity contribution in [1.29, 1.82) is 0 Å². The predicted octanol–water partition coefficient (Wildman–Crippen LogP) is 11.0. The number of quaternary nitrogens is 1. The normalized spacial score (nSPS) is 12.6. The molecule has 0 amide bonds. The Hall–Kier alpha value is -3.55. The van der Waals surface area contributed by atoms with E-state index in [0.29, 0.717) is 38.9 Å². The zero-order valence-electron chi connectivity index (χ0n) is 26.4. The summed E-state index contributed by atoms with van der Waals surface area (Å²) in [6, 6.07) is 10.1. The Morgan fingerprint density at radius 2 is 0.872 bits per heavy atom. The molecule has 0 spiro atoms. The number of hydrogen-bond donors (Lipinski definition) is 0. The van der Waals surface area contributed by atoms with Crippen molar-refractivity contribution in [2.45, 2.75) is 77.8 Å². The Morgan fingerprint density at radius 1 is 0.511 bits per heavy atom. The van der Waals surface area contributed by atoms with Gasteiger partial charge in [-0.05, 0) is 79.9 Å². The molecule has 0 radical (unpaired) electrons. The van der Waals surface area contributed by atoms with Crippen LogP contribution in [0.15, 0.2) is 66.7 Å². The molecule has 0 aromatic heterocycles. The maximum Gasteiger partial charge on any atom is 0.864 e. The quantitative estimate of drug-likeness (QED) is 0.0858.